The van der Waals surface area contributed by atoms with E-state index < -0.39 is 0 Å². The van der Waals surface area contributed by atoms with Gasteiger partial charge in [-0.1, -0.05) is 50.2 Å². The van der Waals surface area contributed by atoms with Gasteiger partial charge in [-0.25, -0.2) is 0 Å². The van der Waals surface area contributed by atoms with Gasteiger partial charge in [-0.05, 0) is 66.2 Å². The predicted octanol–water partition coefficient (Wildman–Crippen LogP) is 5.19. The van der Waals surface area contributed by atoms with Crippen molar-refractivity contribution in [2.24, 2.45) is 0 Å². The van der Waals surface area contributed by atoms with Crippen LogP contribution in [0.3, 0.4) is 0 Å². The van der Waals surface area contributed by atoms with Gasteiger partial charge in [-0.3, -0.25) is 14.9 Å². The highest BCUT2D eigenvalue weighted by Crippen LogP contribution is 2.15. The van der Waals surface area contributed by atoms with Crippen molar-refractivity contribution < 1.29 is 9.59 Å². The lowest BCUT2D eigenvalue weighted by Crippen LogP contribution is -2.34. The van der Waals surface area contributed by atoms with E-state index in [-0.39, 0.29) is 16.9 Å². The smallest absolute Gasteiger partial charge is 0.257 e. The molecule has 3 aromatic rings. The van der Waals surface area contributed by atoms with E-state index in [9.17, 15) is 9.59 Å². The van der Waals surface area contributed by atoms with Crippen LogP contribution in [-0.4, -0.2) is 16.9 Å². The third-order valence-electron chi connectivity index (χ3n) is 4.48. The van der Waals surface area contributed by atoms with Gasteiger partial charge in [0.05, 0.1) is 0 Å². The molecule has 5 nitrogen and oxygen atoms in total. The van der Waals surface area contributed by atoms with E-state index in [4.69, 9.17) is 12.2 Å². The summed E-state index contributed by atoms with van der Waals surface area (Å²) in [6.07, 6.45) is 0. The van der Waals surface area contributed by atoms with E-state index in [2.05, 4.69) is 29.8 Å². The zero-order valence-electron chi connectivity index (χ0n) is 16.8. The van der Waals surface area contributed by atoms with E-state index in [0.29, 0.717) is 28.4 Å². The average Bonchev–Trinajstić information content (AvgIpc) is 2.74. The lowest BCUT2D eigenvalue weighted by Gasteiger charge is -2.12. The third-order valence-corrected chi connectivity index (χ3v) is 4.69. The van der Waals surface area contributed by atoms with Crippen molar-refractivity contribution in [2.45, 2.75) is 19.8 Å². The van der Waals surface area contributed by atoms with Gasteiger partial charge < -0.3 is 10.6 Å². The van der Waals surface area contributed by atoms with Gasteiger partial charge in [0.1, 0.15) is 0 Å². The third kappa shape index (κ3) is 5.75. The van der Waals surface area contributed by atoms with E-state index in [0.717, 1.165) is 5.56 Å². The van der Waals surface area contributed by atoms with Crippen LogP contribution in [0.4, 0.5) is 11.4 Å². The van der Waals surface area contributed by atoms with Crippen molar-refractivity contribution in [3.63, 3.8) is 0 Å². The number of para-hydroxylation sites is 1. The molecule has 2 amide bonds. The van der Waals surface area contributed by atoms with E-state index in [1.165, 1.54) is 0 Å². The molecule has 0 bridgehead atoms. The Kier molecular flexibility index (Phi) is 6.93. The number of hydrogen-bond donors (Lipinski definition) is 3. The highest BCUT2D eigenvalue weighted by molar-refractivity contribution is 7.80. The van der Waals surface area contributed by atoms with Crippen LogP contribution in [0.5, 0.6) is 0 Å². The Morgan fingerprint density at radius 2 is 1.40 bits per heavy atom. The average molecular weight is 418 g/mol. The first-order valence-corrected chi connectivity index (χ1v) is 10.0. The minimum Gasteiger partial charge on any atom is -0.332 e. The van der Waals surface area contributed by atoms with Crippen LogP contribution in [0.25, 0.3) is 0 Å². The summed E-state index contributed by atoms with van der Waals surface area (Å²) < 4.78 is 0. The van der Waals surface area contributed by atoms with E-state index in [1.807, 2.05) is 42.5 Å². The zero-order chi connectivity index (χ0) is 21.5. The van der Waals surface area contributed by atoms with Gasteiger partial charge in [0.2, 0.25) is 0 Å². The standard InChI is InChI=1S/C24H23N3O2S/c1-16(2)17-11-13-18(14-12-17)22(28)27-24(30)26-21-10-6-7-19(15-21)23(29)25-20-8-4-3-5-9-20/h3-16H,1-2H3,(H,25,29)(H2,26,27,28,30). The van der Waals surface area contributed by atoms with E-state index >= 15 is 0 Å². The van der Waals surface area contributed by atoms with Crippen LogP contribution in [0.1, 0.15) is 46.0 Å². The molecule has 0 aliphatic rings. The fourth-order valence-electron chi connectivity index (χ4n) is 2.82. The molecule has 0 radical (unpaired) electrons. The number of nitrogens with one attached hydrogen (secondary N) is 3. The second kappa shape index (κ2) is 9.80. The predicted molar refractivity (Wildman–Crippen MR) is 125 cm³/mol. The second-order valence-electron chi connectivity index (χ2n) is 7.09. The summed E-state index contributed by atoms with van der Waals surface area (Å²) in [7, 11) is 0. The maximum absolute atomic E-state index is 12.4. The Morgan fingerprint density at radius 3 is 2.07 bits per heavy atom. The first-order chi connectivity index (χ1) is 14.4. The number of carbonyl (C=O) groups excluding carboxylic acids is 2. The largest absolute Gasteiger partial charge is 0.332 e. The van der Waals surface area contributed by atoms with Gasteiger partial charge in [0.15, 0.2) is 5.11 Å². The van der Waals surface area contributed by atoms with Crippen molar-refractivity contribution in [1.29, 1.82) is 0 Å². The molecule has 0 fully saturated rings. The maximum atomic E-state index is 12.4. The number of carbonyl (C=O) groups is 2. The summed E-state index contributed by atoms with van der Waals surface area (Å²) in [5, 5.41) is 8.61. The summed E-state index contributed by atoms with van der Waals surface area (Å²) in [4.78, 5) is 24.9. The second-order valence-corrected chi connectivity index (χ2v) is 7.49. The molecule has 3 aromatic carbocycles. The first-order valence-electron chi connectivity index (χ1n) is 9.61. The fourth-order valence-corrected chi connectivity index (χ4v) is 3.03. The van der Waals surface area contributed by atoms with Crippen LogP contribution < -0.4 is 16.0 Å². The molecule has 0 heterocycles. The van der Waals surface area contributed by atoms with Crippen LogP contribution in [0.15, 0.2) is 78.9 Å². The Morgan fingerprint density at radius 1 is 0.733 bits per heavy atom. The zero-order valence-corrected chi connectivity index (χ0v) is 17.6. The summed E-state index contributed by atoms with van der Waals surface area (Å²) in [6, 6.07) is 23.6. The lowest BCUT2D eigenvalue weighted by atomic mass is 10.0. The summed E-state index contributed by atoms with van der Waals surface area (Å²) >= 11 is 5.25. The molecule has 0 atom stereocenters. The molecule has 6 heteroatoms. The summed E-state index contributed by atoms with van der Waals surface area (Å²) in [6.45, 7) is 4.20. The highest BCUT2D eigenvalue weighted by Gasteiger charge is 2.10. The molecular weight excluding hydrogens is 394 g/mol. The molecule has 0 spiro atoms. The number of benzene rings is 3. The maximum Gasteiger partial charge on any atom is 0.257 e. The molecule has 3 N–H and O–H groups in total. The van der Waals surface area contributed by atoms with Gasteiger partial charge in [0, 0.05) is 22.5 Å². The van der Waals surface area contributed by atoms with Gasteiger partial charge >= 0.3 is 0 Å². The molecule has 152 valence electrons. The SMILES string of the molecule is CC(C)c1ccc(C(=O)NC(=S)Nc2cccc(C(=O)Nc3ccccc3)c2)cc1. The Labute approximate surface area is 181 Å². The fraction of sp³-hybridized carbons (Fsp3) is 0.125. The summed E-state index contributed by atoms with van der Waals surface area (Å²) in [5.74, 6) is -0.123. The molecule has 0 aliphatic carbocycles. The molecule has 0 saturated heterocycles. The van der Waals surface area contributed by atoms with Gasteiger partial charge in [-0.2, -0.15) is 0 Å². The molecular formula is C24H23N3O2S. The van der Waals surface area contributed by atoms with Crippen LogP contribution in [0.2, 0.25) is 0 Å². The minimum atomic E-state index is -0.291. The van der Waals surface area contributed by atoms with Crippen molar-refractivity contribution in [3.05, 3.63) is 95.6 Å². The number of hydrogen-bond acceptors (Lipinski definition) is 3. The first kappa shape index (κ1) is 21.2. The van der Waals surface area contributed by atoms with Crippen molar-refractivity contribution >= 4 is 40.5 Å². The number of thiocarbonyl (C=S) groups is 1. The molecule has 30 heavy (non-hydrogen) atoms. The molecule has 0 saturated carbocycles. The van der Waals surface area contributed by atoms with E-state index in [1.54, 1.807) is 36.4 Å². The van der Waals surface area contributed by atoms with Crippen LogP contribution in [-0.2, 0) is 0 Å². The normalized spacial score (nSPS) is 10.4. The monoisotopic (exact) mass is 417 g/mol. The number of anilines is 2. The Balaban J connectivity index is 1.60. The van der Waals surface area contributed by atoms with Crippen LogP contribution >= 0.6 is 12.2 Å². The molecule has 0 aliphatic heterocycles. The van der Waals surface area contributed by atoms with Gasteiger partial charge in [0.25, 0.3) is 11.8 Å². The number of rotatable bonds is 5. The molecule has 0 aromatic heterocycles. The number of amides is 2. The molecule has 3 rings (SSSR count). The van der Waals surface area contributed by atoms with Crippen LogP contribution in [0, 0.1) is 0 Å². The quantitative estimate of drug-likeness (QED) is 0.500. The van der Waals surface area contributed by atoms with Crippen molar-refractivity contribution in [1.82, 2.24) is 5.32 Å². The lowest BCUT2D eigenvalue weighted by molar-refractivity contribution is 0.0976. The Bertz CT molecular complexity index is 1050. The van der Waals surface area contributed by atoms with Gasteiger partial charge in [-0.15, -0.1) is 0 Å². The highest BCUT2D eigenvalue weighted by atomic mass is 32.1. The minimum absolute atomic E-state index is 0.161. The van der Waals surface area contributed by atoms with Crippen molar-refractivity contribution in [2.75, 3.05) is 10.6 Å². The Hall–Kier alpha value is -3.51. The molecule has 0 unspecified atom stereocenters. The van der Waals surface area contributed by atoms with Crippen molar-refractivity contribution in [3.8, 4) is 0 Å². The summed E-state index contributed by atoms with van der Waals surface area (Å²) in [5.41, 5.74) is 3.49. The topological polar surface area (TPSA) is 70.2 Å².